The van der Waals surface area contributed by atoms with Crippen molar-refractivity contribution in [1.29, 1.82) is 0 Å². The zero-order valence-corrected chi connectivity index (χ0v) is 9.31. The van der Waals surface area contributed by atoms with E-state index in [1.54, 1.807) is 0 Å². The number of aliphatic hydroxyl groups excluding tert-OH is 4. The van der Waals surface area contributed by atoms with Crippen LogP contribution in [0.4, 0.5) is 0 Å². The quantitative estimate of drug-likeness (QED) is 0.341. The molecule has 5 nitrogen and oxygen atoms in total. The van der Waals surface area contributed by atoms with Gasteiger partial charge in [0.2, 0.25) is 0 Å². The number of quaternary nitrogens is 1. The van der Waals surface area contributed by atoms with Gasteiger partial charge in [-0.05, 0) is 0 Å². The van der Waals surface area contributed by atoms with Gasteiger partial charge in [-0.2, -0.15) is 0 Å². The third kappa shape index (κ3) is 6.06. The van der Waals surface area contributed by atoms with Crippen molar-refractivity contribution in [3.05, 3.63) is 0 Å². The smallest absolute Gasteiger partial charge is 0.102 e. The highest BCUT2D eigenvalue weighted by atomic mass is 16.3. The number of hydrogen-bond donors (Lipinski definition) is 4. The fourth-order valence-corrected chi connectivity index (χ4v) is 1.91. The van der Waals surface area contributed by atoms with E-state index in [0.717, 1.165) is 13.1 Å². The molecule has 0 fully saturated rings. The van der Waals surface area contributed by atoms with Gasteiger partial charge in [-0.1, -0.05) is 0 Å². The minimum Gasteiger partial charge on any atom is -0.396 e. The highest BCUT2D eigenvalue weighted by molar-refractivity contribution is 4.47. The Hall–Kier alpha value is -0.200. The predicted octanol–water partition coefficient (Wildman–Crippen LogP) is -1.45. The summed E-state index contributed by atoms with van der Waals surface area (Å²) in [5.74, 6) is 0. The van der Waals surface area contributed by atoms with Crippen molar-refractivity contribution in [3.63, 3.8) is 0 Å². The van der Waals surface area contributed by atoms with Crippen LogP contribution in [0.25, 0.3) is 0 Å². The lowest BCUT2D eigenvalue weighted by Crippen LogP contribution is -2.53. The van der Waals surface area contributed by atoms with E-state index in [0.29, 0.717) is 30.4 Å². The predicted molar refractivity (Wildman–Crippen MR) is 57.3 cm³/mol. The molecule has 0 radical (unpaired) electrons. The molecular weight excluding hydrogens is 198 g/mol. The van der Waals surface area contributed by atoms with Crippen LogP contribution in [0.3, 0.4) is 0 Å². The molecule has 0 aliphatic rings. The fraction of sp³-hybridized carbons (Fsp3) is 1.00. The molecule has 0 spiro atoms. The van der Waals surface area contributed by atoms with Crippen LogP contribution in [0.15, 0.2) is 0 Å². The Morgan fingerprint density at radius 3 is 1.20 bits per heavy atom. The van der Waals surface area contributed by atoms with Crippen molar-refractivity contribution in [2.75, 3.05) is 52.6 Å². The molecule has 0 aliphatic carbocycles. The molecule has 0 aliphatic heterocycles. The molecule has 0 rings (SSSR count). The summed E-state index contributed by atoms with van der Waals surface area (Å²) in [6.45, 7) is 2.98. The van der Waals surface area contributed by atoms with E-state index >= 15 is 0 Å². The molecule has 0 bridgehead atoms. The molecule has 0 saturated heterocycles. The van der Waals surface area contributed by atoms with E-state index < -0.39 is 0 Å². The van der Waals surface area contributed by atoms with Crippen LogP contribution in [0.1, 0.15) is 12.8 Å². The molecule has 0 aromatic rings. The van der Waals surface area contributed by atoms with Crippen molar-refractivity contribution in [3.8, 4) is 0 Å². The Kier molecular flexibility index (Phi) is 8.94. The molecule has 0 saturated carbocycles. The van der Waals surface area contributed by atoms with E-state index in [-0.39, 0.29) is 26.4 Å². The third-order valence-electron chi connectivity index (χ3n) is 2.73. The van der Waals surface area contributed by atoms with E-state index in [4.69, 9.17) is 20.4 Å². The lowest BCUT2D eigenvalue weighted by atomic mass is 10.2. The average Bonchev–Trinajstić information content (AvgIpc) is 2.24. The van der Waals surface area contributed by atoms with Crippen LogP contribution in [-0.4, -0.2) is 77.5 Å². The Morgan fingerprint density at radius 2 is 0.933 bits per heavy atom. The van der Waals surface area contributed by atoms with Gasteiger partial charge in [-0.3, -0.25) is 0 Å². The van der Waals surface area contributed by atoms with Crippen molar-refractivity contribution < 1.29 is 24.9 Å². The van der Waals surface area contributed by atoms with Gasteiger partial charge in [-0.15, -0.1) is 0 Å². The second kappa shape index (κ2) is 9.06. The molecule has 0 aromatic heterocycles. The summed E-state index contributed by atoms with van der Waals surface area (Å²) in [5, 5.41) is 35.6. The summed E-state index contributed by atoms with van der Waals surface area (Å²) < 4.78 is 0.578. The summed E-state index contributed by atoms with van der Waals surface area (Å²) in [4.78, 5) is 0. The minimum atomic E-state index is 0.0663. The van der Waals surface area contributed by atoms with Crippen molar-refractivity contribution in [1.82, 2.24) is 0 Å². The number of hydrogen-bond acceptors (Lipinski definition) is 4. The summed E-state index contributed by atoms with van der Waals surface area (Å²) in [6.07, 6.45) is 1.32. The third-order valence-corrected chi connectivity index (χ3v) is 2.73. The first-order valence-corrected chi connectivity index (χ1v) is 5.53. The van der Waals surface area contributed by atoms with Gasteiger partial charge < -0.3 is 24.9 Å². The average molecular weight is 222 g/mol. The largest absolute Gasteiger partial charge is 0.396 e. The van der Waals surface area contributed by atoms with Crippen LogP contribution in [0.2, 0.25) is 0 Å². The monoisotopic (exact) mass is 222 g/mol. The van der Waals surface area contributed by atoms with E-state index in [2.05, 4.69) is 0 Å². The van der Waals surface area contributed by atoms with Crippen LogP contribution in [0, 0.1) is 0 Å². The molecular formula is C10H24NO4+. The van der Waals surface area contributed by atoms with E-state index in [9.17, 15) is 0 Å². The zero-order chi connectivity index (χ0) is 11.6. The maximum atomic E-state index is 9.00. The molecule has 92 valence electrons. The Bertz CT molecular complexity index is 127. The Labute approximate surface area is 91.2 Å². The normalized spacial score (nSPS) is 12.0. The van der Waals surface area contributed by atoms with Gasteiger partial charge >= 0.3 is 0 Å². The Morgan fingerprint density at radius 1 is 0.533 bits per heavy atom. The molecule has 0 amide bonds. The summed E-state index contributed by atoms with van der Waals surface area (Å²) in [5.41, 5.74) is 0. The van der Waals surface area contributed by atoms with Crippen molar-refractivity contribution in [2.45, 2.75) is 12.8 Å². The van der Waals surface area contributed by atoms with E-state index in [1.807, 2.05) is 0 Å². The first kappa shape index (κ1) is 14.8. The van der Waals surface area contributed by atoms with Crippen molar-refractivity contribution in [2.24, 2.45) is 0 Å². The maximum absolute atomic E-state index is 9.00. The summed E-state index contributed by atoms with van der Waals surface area (Å²) >= 11 is 0. The fourth-order valence-electron chi connectivity index (χ4n) is 1.91. The number of rotatable bonds is 10. The highest BCUT2D eigenvalue weighted by Crippen LogP contribution is 2.09. The summed E-state index contributed by atoms with van der Waals surface area (Å²) in [7, 11) is 0. The SMILES string of the molecule is OCCC[N+](CCO)(CCO)CCCO. The highest BCUT2D eigenvalue weighted by Gasteiger charge is 2.25. The molecule has 5 heteroatoms. The van der Waals surface area contributed by atoms with Gasteiger partial charge in [0.15, 0.2) is 0 Å². The number of nitrogens with zero attached hydrogens (tertiary/aromatic N) is 1. The second-order valence-electron chi connectivity index (χ2n) is 3.84. The minimum absolute atomic E-state index is 0.0663. The van der Waals surface area contributed by atoms with Gasteiger partial charge in [0.05, 0.1) is 26.3 Å². The molecule has 0 unspecified atom stereocenters. The van der Waals surface area contributed by atoms with E-state index in [1.165, 1.54) is 0 Å². The number of aliphatic hydroxyl groups is 4. The second-order valence-corrected chi connectivity index (χ2v) is 3.84. The lowest BCUT2D eigenvalue weighted by molar-refractivity contribution is -0.929. The van der Waals surface area contributed by atoms with Gasteiger partial charge in [-0.25, -0.2) is 0 Å². The standard InChI is InChI=1S/C10H24NO4/c12-7-1-3-11(5-9-14,6-10-15)4-2-8-13/h12-15H,1-10H2/q+1. The van der Waals surface area contributed by atoms with Crippen molar-refractivity contribution >= 4 is 0 Å². The van der Waals surface area contributed by atoms with Crippen LogP contribution in [0.5, 0.6) is 0 Å². The zero-order valence-electron chi connectivity index (χ0n) is 9.31. The van der Waals surface area contributed by atoms with Crippen LogP contribution >= 0.6 is 0 Å². The molecule has 0 atom stereocenters. The first-order chi connectivity index (χ1) is 7.24. The van der Waals surface area contributed by atoms with Crippen LogP contribution in [-0.2, 0) is 0 Å². The van der Waals surface area contributed by atoms with Crippen LogP contribution < -0.4 is 0 Å². The Balaban J connectivity index is 4.26. The summed E-state index contributed by atoms with van der Waals surface area (Å²) in [6, 6.07) is 0. The molecule has 0 heterocycles. The lowest BCUT2D eigenvalue weighted by Gasteiger charge is -2.37. The van der Waals surface area contributed by atoms with Gasteiger partial charge in [0.25, 0.3) is 0 Å². The van der Waals surface area contributed by atoms with Gasteiger partial charge in [0.1, 0.15) is 13.1 Å². The van der Waals surface area contributed by atoms with Gasteiger partial charge in [0, 0.05) is 26.1 Å². The first-order valence-electron chi connectivity index (χ1n) is 5.53. The molecule has 4 N–H and O–H groups in total. The topological polar surface area (TPSA) is 80.9 Å². The molecule has 15 heavy (non-hydrogen) atoms. The maximum Gasteiger partial charge on any atom is 0.102 e. The molecule has 0 aromatic carbocycles.